The van der Waals surface area contributed by atoms with Gasteiger partial charge in [0.1, 0.15) is 5.75 Å². The summed E-state index contributed by atoms with van der Waals surface area (Å²) in [5.41, 5.74) is 6.55. The number of primary amides is 1. The number of hydrogen-bond donors (Lipinski definition) is 2. The zero-order valence-electron chi connectivity index (χ0n) is 16.2. The molecule has 0 aromatic heterocycles. The molecule has 152 valence electrons. The van der Waals surface area contributed by atoms with Crippen LogP contribution in [-0.4, -0.2) is 42.3 Å². The molecule has 0 unspecified atom stereocenters. The van der Waals surface area contributed by atoms with Crippen molar-refractivity contribution in [2.24, 2.45) is 5.73 Å². The minimum absolute atomic E-state index is 0.0231. The molecule has 3 rings (SSSR count). The number of hydrogen-bond acceptors (Lipinski definition) is 4. The highest BCUT2D eigenvalue weighted by Gasteiger charge is 2.18. The number of ether oxygens (including phenoxy) is 1. The monoisotopic (exact) mass is 395 g/mol. The lowest BCUT2D eigenvalue weighted by Gasteiger charge is -2.20. The summed E-state index contributed by atoms with van der Waals surface area (Å²) in [5, 5.41) is 2.78. The Morgan fingerprint density at radius 3 is 2.24 bits per heavy atom. The van der Waals surface area contributed by atoms with Crippen LogP contribution in [0.15, 0.2) is 48.5 Å². The van der Waals surface area contributed by atoms with Crippen molar-refractivity contribution in [1.29, 1.82) is 0 Å². The predicted octanol–water partition coefficient (Wildman–Crippen LogP) is 2.82. The molecule has 0 spiro atoms. The van der Waals surface area contributed by atoms with Crippen molar-refractivity contribution in [3.63, 3.8) is 0 Å². The van der Waals surface area contributed by atoms with Crippen LogP contribution in [0.25, 0.3) is 0 Å². The standard InChI is InChI=1S/C22H25N3O4/c23-20(26)15-29-19-8-4-3-7-18(19)21(27)24-17-11-9-16(10-12-17)22(28)25-13-5-1-2-6-14-25/h3-4,7-12H,1-2,5-6,13-15H2,(H2,23,26)(H,24,27). The smallest absolute Gasteiger partial charge is 0.259 e. The lowest BCUT2D eigenvalue weighted by Crippen LogP contribution is -2.31. The Kier molecular flexibility index (Phi) is 6.84. The van der Waals surface area contributed by atoms with Gasteiger partial charge in [0.2, 0.25) is 0 Å². The molecule has 1 saturated heterocycles. The van der Waals surface area contributed by atoms with Gasteiger partial charge in [-0.1, -0.05) is 25.0 Å². The molecule has 2 aromatic carbocycles. The van der Waals surface area contributed by atoms with Crippen molar-refractivity contribution >= 4 is 23.4 Å². The summed E-state index contributed by atoms with van der Waals surface area (Å²) in [6.07, 6.45) is 4.41. The van der Waals surface area contributed by atoms with E-state index >= 15 is 0 Å². The van der Waals surface area contributed by atoms with Crippen LogP contribution in [0.3, 0.4) is 0 Å². The first-order valence-electron chi connectivity index (χ1n) is 9.75. The highest BCUT2D eigenvalue weighted by molar-refractivity contribution is 6.06. The first kappa shape index (κ1) is 20.4. The first-order chi connectivity index (χ1) is 14.0. The van der Waals surface area contributed by atoms with Crippen molar-refractivity contribution in [3.8, 4) is 5.75 Å². The molecule has 3 amide bonds. The molecule has 0 bridgehead atoms. The van der Waals surface area contributed by atoms with Gasteiger partial charge in [-0.05, 0) is 49.2 Å². The molecule has 7 nitrogen and oxygen atoms in total. The van der Waals surface area contributed by atoms with Crippen LogP contribution in [0.4, 0.5) is 5.69 Å². The number of carbonyl (C=O) groups is 3. The Hall–Kier alpha value is -3.35. The summed E-state index contributed by atoms with van der Waals surface area (Å²) in [4.78, 5) is 38.1. The molecule has 1 heterocycles. The SMILES string of the molecule is NC(=O)COc1ccccc1C(=O)Nc1ccc(C(=O)N2CCCCCC2)cc1. The number of nitrogens with one attached hydrogen (secondary N) is 1. The second kappa shape index (κ2) is 9.73. The van der Waals surface area contributed by atoms with Crippen LogP contribution in [0.1, 0.15) is 46.4 Å². The molecular formula is C22H25N3O4. The van der Waals surface area contributed by atoms with E-state index in [2.05, 4.69) is 5.32 Å². The molecule has 0 atom stereocenters. The van der Waals surface area contributed by atoms with Gasteiger partial charge in [-0.25, -0.2) is 0 Å². The van der Waals surface area contributed by atoms with Crippen molar-refractivity contribution in [2.45, 2.75) is 25.7 Å². The zero-order valence-corrected chi connectivity index (χ0v) is 16.2. The summed E-state index contributed by atoms with van der Waals surface area (Å²) in [5.74, 6) is -0.701. The summed E-state index contributed by atoms with van der Waals surface area (Å²) >= 11 is 0. The van der Waals surface area contributed by atoms with Gasteiger partial charge in [0, 0.05) is 24.3 Å². The van der Waals surface area contributed by atoms with Crippen LogP contribution < -0.4 is 15.8 Å². The number of carbonyl (C=O) groups excluding carboxylic acids is 3. The molecule has 1 aliphatic rings. The Balaban J connectivity index is 1.66. The maximum absolute atomic E-state index is 12.7. The Bertz CT molecular complexity index is 872. The lowest BCUT2D eigenvalue weighted by molar-refractivity contribution is -0.119. The third kappa shape index (κ3) is 5.57. The van der Waals surface area contributed by atoms with Gasteiger partial charge < -0.3 is 20.7 Å². The van der Waals surface area contributed by atoms with E-state index in [1.54, 1.807) is 48.5 Å². The topological polar surface area (TPSA) is 102 Å². The first-order valence-corrected chi connectivity index (χ1v) is 9.75. The van der Waals surface area contributed by atoms with Crippen LogP contribution in [0.5, 0.6) is 5.75 Å². The molecule has 29 heavy (non-hydrogen) atoms. The summed E-state index contributed by atoms with van der Waals surface area (Å²) in [6.45, 7) is 1.27. The molecule has 0 radical (unpaired) electrons. The van der Waals surface area contributed by atoms with Crippen LogP contribution in [0.2, 0.25) is 0 Å². The van der Waals surface area contributed by atoms with Crippen molar-refractivity contribution in [1.82, 2.24) is 4.90 Å². The fraction of sp³-hybridized carbons (Fsp3) is 0.318. The number of likely N-dealkylation sites (tertiary alicyclic amines) is 1. The van der Waals surface area contributed by atoms with Crippen molar-refractivity contribution in [2.75, 3.05) is 25.0 Å². The summed E-state index contributed by atoms with van der Waals surface area (Å²) < 4.78 is 5.30. The fourth-order valence-electron chi connectivity index (χ4n) is 3.28. The fourth-order valence-corrected chi connectivity index (χ4v) is 3.28. The third-order valence-electron chi connectivity index (χ3n) is 4.78. The van der Waals surface area contributed by atoms with Gasteiger partial charge in [0.05, 0.1) is 5.56 Å². The number of para-hydroxylation sites is 1. The number of rotatable bonds is 6. The minimum Gasteiger partial charge on any atom is -0.483 e. The predicted molar refractivity (Wildman–Crippen MR) is 110 cm³/mol. The van der Waals surface area contributed by atoms with Crippen LogP contribution in [-0.2, 0) is 4.79 Å². The molecule has 7 heteroatoms. The van der Waals surface area contributed by atoms with Gasteiger partial charge >= 0.3 is 0 Å². The number of nitrogens with zero attached hydrogens (tertiary/aromatic N) is 1. The average Bonchev–Trinajstić information content (AvgIpc) is 3.02. The van der Waals surface area contributed by atoms with Crippen LogP contribution in [0, 0.1) is 0 Å². The minimum atomic E-state index is -0.620. The van der Waals surface area contributed by atoms with Gasteiger partial charge in [-0.3, -0.25) is 14.4 Å². The van der Waals surface area contributed by atoms with Gasteiger partial charge in [0.15, 0.2) is 6.61 Å². The molecule has 1 aliphatic heterocycles. The van der Waals surface area contributed by atoms with E-state index in [1.807, 2.05) is 4.90 Å². The van der Waals surface area contributed by atoms with E-state index in [4.69, 9.17) is 10.5 Å². The molecular weight excluding hydrogens is 370 g/mol. The van der Waals surface area contributed by atoms with Gasteiger partial charge in [0.25, 0.3) is 17.7 Å². The van der Waals surface area contributed by atoms with E-state index in [-0.39, 0.29) is 24.2 Å². The van der Waals surface area contributed by atoms with E-state index < -0.39 is 5.91 Å². The summed E-state index contributed by atoms with van der Waals surface area (Å²) in [7, 11) is 0. The van der Waals surface area contributed by atoms with Crippen molar-refractivity contribution < 1.29 is 19.1 Å². The maximum Gasteiger partial charge on any atom is 0.259 e. The Morgan fingerprint density at radius 1 is 0.931 bits per heavy atom. The Morgan fingerprint density at radius 2 is 1.59 bits per heavy atom. The van der Waals surface area contributed by atoms with Gasteiger partial charge in [-0.2, -0.15) is 0 Å². The Labute approximate surface area is 169 Å². The second-order valence-corrected chi connectivity index (χ2v) is 6.99. The second-order valence-electron chi connectivity index (χ2n) is 6.99. The molecule has 1 fully saturated rings. The highest BCUT2D eigenvalue weighted by atomic mass is 16.5. The van der Waals surface area contributed by atoms with Crippen LogP contribution >= 0.6 is 0 Å². The lowest BCUT2D eigenvalue weighted by atomic mass is 10.1. The van der Waals surface area contributed by atoms with E-state index in [0.29, 0.717) is 16.8 Å². The molecule has 3 N–H and O–H groups in total. The number of amides is 3. The molecule has 0 aliphatic carbocycles. The number of anilines is 1. The van der Waals surface area contributed by atoms with E-state index in [0.717, 1.165) is 25.9 Å². The highest BCUT2D eigenvalue weighted by Crippen LogP contribution is 2.21. The van der Waals surface area contributed by atoms with Gasteiger partial charge in [-0.15, -0.1) is 0 Å². The van der Waals surface area contributed by atoms with E-state index in [9.17, 15) is 14.4 Å². The summed E-state index contributed by atoms with van der Waals surface area (Å²) in [6, 6.07) is 13.5. The number of benzene rings is 2. The third-order valence-corrected chi connectivity index (χ3v) is 4.78. The average molecular weight is 395 g/mol. The van der Waals surface area contributed by atoms with E-state index in [1.165, 1.54) is 12.8 Å². The number of nitrogens with two attached hydrogens (primary N) is 1. The normalized spacial score (nSPS) is 14.0. The van der Waals surface area contributed by atoms with Crippen molar-refractivity contribution in [3.05, 3.63) is 59.7 Å². The molecule has 2 aromatic rings. The molecule has 0 saturated carbocycles. The quantitative estimate of drug-likeness (QED) is 0.785. The largest absolute Gasteiger partial charge is 0.483 e. The maximum atomic E-state index is 12.7. The zero-order chi connectivity index (χ0) is 20.6.